The predicted octanol–water partition coefficient (Wildman–Crippen LogP) is 2.56. The molecule has 0 bridgehead atoms. The number of benzene rings is 2. The molecule has 20 heavy (non-hydrogen) atoms. The molecule has 0 fully saturated rings. The zero-order valence-corrected chi connectivity index (χ0v) is 12.4. The molecule has 0 radical (unpaired) electrons. The van der Waals surface area contributed by atoms with Crippen LogP contribution in [0.3, 0.4) is 0 Å². The smallest absolute Gasteiger partial charge is 0.261 e. The molecule has 0 saturated heterocycles. The van der Waals surface area contributed by atoms with Crippen molar-refractivity contribution in [3.05, 3.63) is 59.2 Å². The molecule has 0 aliphatic heterocycles. The van der Waals surface area contributed by atoms with Crippen molar-refractivity contribution in [2.75, 3.05) is 4.72 Å². The van der Waals surface area contributed by atoms with Gasteiger partial charge in [-0.15, -0.1) is 0 Å². The Hall–Kier alpha value is -1.85. The molecule has 5 heteroatoms. The average molecular weight is 290 g/mol. The fourth-order valence-electron chi connectivity index (χ4n) is 1.97. The highest BCUT2D eigenvalue weighted by Crippen LogP contribution is 2.23. The molecule has 0 aliphatic rings. The summed E-state index contributed by atoms with van der Waals surface area (Å²) in [5.74, 6) is 0. The minimum atomic E-state index is -3.57. The summed E-state index contributed by atoms with van der Waals surface area (Å²) in [5, 5.41) is 0. The van der Waals surface area contributed by atoms with Gasteiger partial charge in [-0.05, 0) is 42.7 Å². The van der Waals surface area contributed by atoms with Crippen LogP contribution in [0.15, 0.2) is 47.4 Å². The molecular weight excluding hydrogens is 272 g/mol. The van der Waals surface area contributed by atoms with E-state index in [0.29, 0.717) is 12.2 Å². The third-order valence-corrected chi connectivity index (χ3v) is 4.55. The zero-order chi connectivity index (χ0) is 14.8. The molecule has 2 aromatic rings. The van der Waals surface area contributed by atoms with Crippen molar-refractivity contribution < 1.29 is 8.42 Å². The van der Waals surface area contributed by atoms with E-state index in [1.165, 1.54) is 0 Å². The Morgan fingerprint density at radius 2 is 1.55 bits per heavy atom. The summed E-state index contributed by atoms with van der Waals surface area (Å²) >= 11 is 0. The second-order valence-corrected chi connectivity index (χ2v) is 6.40. The number of anilines is 1. The lowest BCUT2D eigenvalue weighted by atomic mass is 10.1. The Kier molecular flexibility index (Phi) is 4.11. The van der Waals surface area contributed by atoms with E-state index in [1.54, 1.807) is 24.3 Å². The summed E-state index contributed by atoms with van der Waals surface area (Å²) in [7, 11) is -3.57. The SMILES string of the molecule is Cc1cccc(C)c1NS(=O)(=O)c1ccc(CN)cc1. The first-order valence-corrected chi connectivity index (χ1v) is 7.80. The molecule has 2 aromatic carbocycles. The van der Waals surface area contributed by atoms with Crippen molar-refractivity contribution in [1.29, 1.82) is 0 Å². The van der Waals surface area contributed by atoms with Crippen molar-refractivity contribution in [3.63, 3.8) is 0 Å². The highest BCUT2D eigenvalue weighted by molar-refractivity contribution is 7.92. The van der Waals surface area contributed by atoms with Crippen molar-refractivity contribution in [2.45, 2.75) is 25.3 Å². The maximum atomic E-state index is 12.4. The maximum Gasteiger partial charge on any atom is 0.261 e. The number of nitrogens with two attached hydrogens (primary N) is 1. The second kappa shape index (κ2) is 5.64. The van der Waals surface area contributed by atoms with Crippen LogP contribution in [0.5, 0.6) is 0 Å². The van der Waals surface area contributed by atoms with Gasteiger partial charge in [0, 0.05) is 6.54 Å². The molecule has 0 amide bonds. The van der Waals surface area contributed by atoms with E-state index in [4.69, 9.17) is 5.73 Å². The van der Waals surface area contributed by atoms with Crippen LogP contribution in [-0.2, 0) is 16.6 Å². The Labute approximate surface area is 119 Å². The van der Waals surface area contributed by atoms with Gasteiger partial charge in [-0.1, -0.05) is 30.3 Å². The van der Waals surface area contributed by atoms with Crippen molar-refractivity contribution >= 4 is 15.7 Å². The Bertz CT molecular complexity index is 687. The first-order chi connectivity index (χ1) is 9.44. The monoisotopic (exact) mass is 290 g/mol. The fraction of sp³-hybridized carbons (Fsp3) is 0.200. The number of hydrogen-bond acceptors (Lipinski definition) is 3. The average Bonchev–Trinajstić information content (AvgIpc) is 2.43. The van der Waals surface area contributed by atoms with Gasteiger partial charge in [0.1, 0.15) is 0 Å². The Balaban J connectivity index is 2.35. The van der Waals surface area contributed by atoms with Crippen molar-refractivity contribution in [1.82, 2.24) is 0 Å². The molecule has 0 atom stereocenters. The summed E-state index contributed by atoms with van der Waals surface area (Å²) in [6.45, 7) is 4.15. The van der Waals surface area contributed by atoms with Crippen LogP contribution in [0.1, 0.15) is 16.7 Å². The lowest BCUT2D eigenvalue weighted by Crippen LogP contribution is -2.14. The first kappa shape index (κ1) is 14.6. The zero-order valence-electron chi connectivity index (χ0n) is 11.6. The molecule has 0 unspecified atom stereocenters. The normalized spacial score (nSPS) is 11.3. The van der Waals surface area contributed by atoms with E-state index in [2.05, 4.69) is 4.72 Å². The molecule has 4 nitrogen and oxygen atoms in total. The van der Waals surface area contributed by atoms with Gasteiger partial charge in [0.15, 0.2) is 0 Å². The molecule has 0 saturated carbocycles. The molecule has 2 rings (SSSR count). The lowest BCUT2D eigenvalue weighted by Gasteiger charge is -2.13. The van der Waals surface area contributed by atoms with Gasteiger partial charge in [-0.25, -0.2) is 8.42 Å². The second-order valence-electron chi connectivity index (χ2n) is 4.72. The number of rotatable bonds is 4. The third kappa shape index (κ3) is 3.00. The number of aryl methyl sites for hydroxylation is 2. The van der Waals surface area contributed by atoms with Crippen LogP contribution >= 0.6 is 0 Å². The minimum Gasteiger partial charge on any atom is -0.326 e. The van der Waals surface area contributed by atoms with Crippen LogP contribution in [0.4, 0.5) is 5.69 Å². The number of sulfonamides is 1. The Morgan fingerprint density at radius 1 is 1.00 bits per heavy atom. The van der Waals surface area contributed by atoms with Crippen LogP contribution < -0.4 is 10.5 Å². The van der Waals surface area contributed by atoms with E-state index in [9.17, 15) is 8.42 Å². The van der Waals surface area contributed by atoms with Crippen LogP contribution in [-0.4, -0.2) is 8.42 Å². The molecule has 0 aromatic heterocycles. The summed E-state index contributed by atoms with van der Waals surface area (Å²) in [6.07, 6.45) is 0. The van der Waals surface area contributed by atoms with Crippen molar-refractivity contribution in [2.24, 2.45) is 5.73 Å². The van der Waals surface area contributed by atoms with Crippen LogP contribution in [0, 0.1) is 13.8 Å². The molecule has 0 aliphatic carbocycles. The predicted molar refractivity (Wildman–Crippen MR) is 81.1 cm³/mol. The van der Waals surface area contributed by atoms with Gasteiger partial charge in [-0.3, -0.25) is 4.72 Å². The van der Waals surface area contributed by atoms with E-state index in [-0.39, 0.29) is 4.90 Å². The minimum absolute atomic E-state index is 0.234. The van der Waals surface area contributed by atoms with Crippen LogP contribution in [0.25, 0.3) is 0 Å². The summed E-state index contributed by atoms with van der Waals surface area (Å²) in [4.78, 5) is 0.234. The van der Waals surface area contributed by atoms with Gasteiger partial charge in [0.05, 0.1) is 10.6 Å². The first-order valence-electron chi connectivity index (χ1n) is 6.32. The summed E-state index contributed by atoms with van der Waals surface area (Å²) < 4.78 is 27.4. The molecule has 3 N–H and O–H groups in total. The highest BCUT2D eigenvalue weighted by Gasteiger charge is 2.16. The van der Waals surface area contributed by atoms with Crippen LogP contribution in [0.2, 0.25) is 0 Å². The fourth-order valence-corrected chi connectivity index (χ4v) is 3.18. The summed E-state index contributed by atoms with van der Waals surface area (Å²) in [5.41, 5.74) is 8.83. The third-order valence-electron chi connectivity index (χ3n) is 3.19. The number of para-hydroxylation sites is 1. The van der Waals surface area contributed by atoms with E-state index in [1.807, 2.05) is 32.0 Å². The topological polar surface area (TPSA) is 72.2 Å². The van der Waals surface area contributed by atoms with Gasteiger partial charge in [0.25, 0.3) is 10.0 Å². The number of nitrogens with one attached hydrogen (secondary N) is 1. The quantitative estimate of drug-likeness (QED) is 0.909. The molecule has 0 heterocycles. The van der Waals surface area contributed by atoms with Gasteiger partial charge >= 0.3 is 0 Å². The van der Waals surface area contributed by atoms with Crippen molar-refractivity contribution in [3.8, 4) is 0 Å². The van der Waals surface area contributed by atoms with E-state index in [0.717, 1.165) is 16.7 Å². The standard InChI is InChI=1S/C15H18N2O2S/c1-11-4-3-5-12(2)15(11)17-20(18,19)14-8-6-13(10-16)7-9-14/h3-9,17H,10,16H2,1-2H3. The van der Waals surface area contributed by atoms with Gasteiger partial charge in [-0.2, -0.15) is 0 Å². The van der Waals surface area contributed by atoms with E-state index < -0.39 is 10.0 Å². The largest absolute Gasteiger partial charge is 0.326 e. The summed E-state index contributed by atoms with van der Waals surface area (Å²) in [6, 6.07) is 12.2. The van der Waals surface area contributed by atoms with E-state index >= 15 is 0 Å². The van der Waals surface area contributed by atoms with Gasteiger partial charge < -0.3 is 5.73 Å². The number of hydrogen-bond donors (Lipinski definition) is 2. The lowest BCUT2D eigenvalue weighted by molar-refractivity contribution is 0.601. The molecular formula is C15H18N2O2S. The molecule has 106 valence electrons. The Morgan fingerprint density at radius 3 is 2.05 bits per heavy atom. The highest BCUT2D eigenvalue weighted by atomic mass is 32.2. The maximum absolute atomic E-state index is 12.4. The van der Waals surface area contributed by atoms with Gasteiger partial charge in [0.2, 0.25) is 0 Å². The molecule has 0 spiro atoms.